The lowest BCUT2D eigenvalue weighted by Crippen LogP contribution is -2.41. The molecule has 9 heteroatoms. The van der Waals surface area contributed by atoms with Gasteiger partial charge in [0, 0.05) is 25.4 Å². The van der Waals surface area contributed by atoms with Crippen molar-refractivity contribution in [2.75, 3.05) is 13.1 Å². The molecule has 0 amide bonds. The summed E-state index contributed by atoms with van der Waals surface area (Å²) in [6, 6.07) is 1.70. The molecule has 118 valence electrons. The zero-order valence-corrected chi connectivity index (χ0v) is 12.9. The second kappa shape index (κ2) is 6.01. The molecule has 1 fully saturated rings. The first-order valence-corrected chi connectivity index (χ1v) is 8.35. The maximum absolute atomic E-state index is 12.3. The van der Waals surface area contributed by atoms with Crippen molar-refractivity contribution in [3.63, 3.8) is 0 Å². The van der Waals surface area contributed by atoms with Crippen molar-refractivity contribution in [2.45, 2.75) is 30.8 Å². The fourth-order valence-electron chi connectivity index (χ4n) is 2.33. The number of nitrogens with zero attached hydrogens (tertiary/aromatic N) is 4. The number of piperidine rings is 1. The maximum atomic E-state index is 12.3. The highest BCUT2D eigenvalue weighted by Gasteiger charge is 2.31. The first kappa shape index (κ1) is 14.9. The number of aryl methyl sites for hydroxylation is 1. The largest absolute Gasteiger partial charge is 0.474 e. The van der Waals surface area contributed by atoms with Gasteiger partial charge in [-0.2, -0.15) is 9.29 Å². The molecule has 1 saturated heterocycles. The monoisotopic (exact) mass is 324 g/mol. The van der Waals surface area contributed by atoms with Crippen LogP contribution >= 0.6 is 0 Å². The smallest absolute Gasteiger partial charge is 0.247 e. The molecule has 1 aliphatic rings. The van der Waals surface area contributed by atoms with E-state index in [4.69, 9.17) is 4.74 Å². The third-order valence-corrected chi connectivity index (χ3v) is 5.33. The molecule has 3 rings (SSSR count). The Hall–Kier alpha value is -2.00. The molecular formula is C13H16N4O4S. The number of ether oxygens (including phenoxy) is 1. The lowest BCUT2D eigenvalue weighted by molar-refractivity contribution is 0.129. The molecule has 0 aliphatic carbocycles. The molecule has 1 aliphatic heterocycles. The second-order valence-corrected chi connectivity index (χ2v) is 6.96. The Labute approximate surface area is 128 Å². The van der Waals surface area contributed by atoms with E-state index in [1.54, 1.807) is 19.2 Å². The predicted octanol–water partition coefficient (Wildman–Crippen LogP) is 1.01. The highest BCUT2D eigenvalue weighted by Crippen LogP contribution is 2.22. The van der Waals surface area contributed by atoms with E-state index in [1.807, 2.05) is 0 Å². The molecule has 2 aromatic rings. The lowest BCUT2D eigenvalue weighted by atomic mass is 10.1. The van der Waals surface area contributed by atoms with Gasteiger partial charge in [0.25, 0.3) is 0 Å². The van der Waals surface area contributed by atoms with Crippen LogP contribution in [0.2, 0.25) is 0 Å². The van der Waals surface area contributed by atoms with Crippen LogP contribution in [0.15, 0.2) is 34.1 Å². The van der Waals surface area contributed by atoms with Gasteiger partial charge in [-0.1, -0.05) is 5.16 Å². The average molecular weight is 324 g/mol. The van der Waals surface area contributed by atoms with Crippen LogP contribution in [-0.4, -0.2) is 47.0 Å². The number of aromatic nitrogens is 3. The van der Waals surface area contributed by atoms with Crippen LogP contribution in [0.5, 0.6) is 5.88 Å². The zero-order chi connectivity index (χ0) is 15.6. The first-order chi connectivity index (χ1) is 10.6. The van der Waals surface area contributed by atoms with Crippen molar-refractivity contribution in [1.82, 2.24) is 19.4 Å². The van der Waals surface area contributed by atoms with Crippen molar-refractivity contribution in [3.05, 3.63) is 30.5 Å². The van der Waals surface area contributed by atoms with Crippen molar-refractivity contribution in [1.29, 1.82) is 0 Å². The summed E-state index contributed by atoms with van der Waals surface area (Å²) in [5, 5.41) is 3.44. The van der Waals surface area contributed by atoms with Gasteiger partial charge in [0.2, 0.25) is 15.9 Å². The van der Waals surface area contributed by atoms with E-state index in [1.165, 1.54) is 10.5 Å². The fraction of sp³-hybridized carbons (Fsp3) is 0.462. The van der Waals surface area contributed by atoms with E-state index < -0.39 is 10.0 Å². The van der Waals surface area contributed by atoms with Gasteiger partial charge < -0.3 is 9.26 Å². The van der Waals surface area contributed by atoms with E-state index in [9.17, 15) is 8.42 Å². The van der Waals surface area contributed by atoms with Gasteiger partial charge in [-0.05, 0) is 19.8 Å². The van der Waals surface area contributed by atoms with E-state index in [0.717, 1.165) is 6.26 Å². The molecule has 22 heavy (non-hydrogen) atoms. The van der Waals surface area contributed by atoms with Gasteiger partial charge in [0.1, 0.15) is 23.1 Å². The third kappa shape index (κ3) is 3.09. The van der Waals surface area contributed by atoms with Crippen LogP contribution in [-0.2, 0) is 10.0 Å². The SMILES string of the molecule is Cc1nccc(OC2CCN(S(=O)(=O)c3cnoc3)CC2)n1. The average Bonchev–Trinajstić information content (AvgIpc) is 3.03. The van der Waals surface area contributed by atoms with Crippen LogP contribution in [0.1, 0.15) is 18.7 Å². The minimum absolute atomic E-state index is 0.0526. The zero-order valence-electron chi connectivity index (χ0n) is 12.0. The first-order valence-electron chi connectivity index (χ1n) is 6.91. The third-order valence-electron chi connectivity index (χ3n) is 3.49. The van der Waals surface area contributed by atoms with Crippen molar-refractivity contribution in [3.8, 4) is 5.88 Å². The van der Waals surface area contributed by atoms with E-state index >= 15 is 0 Å². The summed E-state index contributed by atoms with van der Waals surface area (Å²) in [7, 11) is -3.53. The highest BCUT2D eigenvalue weighted by atomic mass is 32.2. The van der Waals surface area contributed by atoms with E-state index in [2.05, 4.69) is 19.6 Å². The molecule has 8 nitrogen and oxygen atoms in total. The Morgan fingerprint density at radius 3 is 2.77 bits per heavy atom. The Morgan fingerprint density at radius 2 is 2.14 bits per heavy atom. The summed E-state index contributed by atoms with van der Waals surface area (Å²) in [5.41, 5.74) is 0. The van der Waals surface area contributed by atoms with Crippen LogP contribution < -0.4 is 4.74 Å². The molecule has 2 aromatic heterocycles. The van der Waals surface area contributed by atoms with Crippen molar-refractivity contribution < 1.29 is 17.7 Å². The van der Waals surface area contributed by atoms with Gasteiger partial charge in [0.05, 0.1) is 6.20 Å². The van der Waals surface area contributed by atoms with E-state index in [0.29, 0.717) is 37.6 Å². The van der Waals surface area contributed by atoms with Crippen molar-refractivity contribution >= 4 is 10.0 Å². The molecule has 0 unspecified atom stereocenters. The van der Waals surface area contributed by atoms with Crippen LogP contribution in [0, 0.1) is 6.92 Å². The van der Waals surface area contributed by atoms with Gasteiger partial charge in [-0.3, -0.25) is 0 Å². The molecule has 0 aromatic carbocycles. The maximum Gasteiger partial charge on any atom is 0.247 e. The Balaban J connectivity index is 1.61. The summed E-state index contributed by atoms with van der Waals surface area (Å²) in [5.74, 6) is 1.16. The molecule has 0 spiro atoms. The van der Waals surface area contributed by atoms with Gasteiger partial charge in [-0.15, -0.1) is 0 Å². The highest BCUT2D eigenvalue weighted by molar-refractivity contribution is 7.89. The fourth-order valence-corrected chi connectivity index (χ4v) is 3.66. The summed E-state index contributed by atoms with van der Waals surface area (Å²) in [6.45, 7) is 2.57. The van der Waals surface area contributed by atoms with E-state index in [-0.39, 0.29) is 11.0 Å². The quantitative estimate of drug-likeness (QED) is 0.827. The Morgan fingerprint density at radius 1 is 1.36 bits per heavy atom. The normalized spacial score (nSPS) is 17.5. The molecule has 0 radical (unpaired) electrons. The van der Waals surface area contributed by atoms with Crippen molar-refractivity contribution in [2.24, 2.45) is 0 Å². The standard InChI is InChI=1S/C13H16N4O4S/c1-10-14-5-2-13(16-10)21-11-3-6-17(7-4-11)22(18,19)12-8-15-20-9-12/h2,5,8-9,11H,3-4,6-7H2,1H3. The molecule has 0 N–H and O–H groups in total. The molecule has 0 saturated carbocycles. The molecule has 3 heterocycles. The number of hydrogen-bond acceptors (Lipinski definition) is 7. The molecular weight excluding hydrogens is 308 g/mol. The van der Waals surface area contributed by atoms with Gasteiger partial charge in [-0.25, -0.2) is 13.4 Å². The molecule has 0 atom stereocenters. The number of hydrogen-bond donors (Lipinski definition) is 0. The van der Waals surface area contributed by atoms with Crippen LogP contribution in [0.3, 0.4) is 0 Å². The molecule has 0 bridgehead atoms. The topological polar surface area (TPSA) is 98.4 Å². The Kier molecular flexibility index (Phi) is 4.08. The number of sulfonamides is 1. The Bertz CT molecular complexity index is 724. The summed E-state index contributed by atoms with van der Waals surface area (Å²) in [4.78, 5) is 8.28. The number of rotatable bonds is 4. The van der Waals surface area contributed by atoms with Gasteiger partial charge in [0.15, 0.2) is 0 Å². The van der Waals surface area contributed by atoms with Crippen LogP contribution in [0.25, 0.3) is 0 Å². The summed E-state index contributed by atoms with van der Waals surface area (Å²) < 4.78 is 36.5. The van der Waals surface area contributed by atoms with Gasteiger partial charge >= 0.3 is 0 Å². The lowest BCUT2D eigenvalue weighted by Gasteiger charge is -2.30. The predicted molar refractivity (Wildman–Crippen MR) is 75.7 cm³/mol. The summed E-state index contributed by atoms with van der Waals surface area (Å²) in [6.07, 6.45) is 5.15. The minimum Gasteiger partial charge on any atom is -0.474 e. The minimum atomic E-state index is -3.53. The summed E-state index contributed by atoms with van der Waals surface area (Å²) >= 11 is 0. The van der Waals surface area contributed by atoms with Crippen LogP contribution in [0.4, 0.5) is 0 Å². The second-order valence-electron chi connectivity index (χ2n) is 5.02.